The van der Waals surface area contributed by atoms with E-state index in [1.54, 1.807) is 18.2 Å². The predicted octanol–water partition coefficient (Wildman–Crippen LogP) is 2.59. The lowest BCUT2D eigenvalue weighted by atomic mass is 10.2. The van der Waals surface area contributed by atoms with Crippen molar-refractivity contribution in [2.24, 2.45) is 5.73 Å². The fraction of sp³-hybridized carbons (Fsp3) is 0.400. The fourth-order valence-corrected chi connectivity index (χ4v) is 1.90. The Morgan fingerprint density at radius 1 is 1.52 bits per heavy atom. The molecule has 1 heterocycles. The molecular formula is C15H19FN2O3. The van der Waals surface area contributed by atoms with E-state index in [0.29, 0.717) is 35.2 Å². The van der Waals surface area contributed by atoms with E-state index >= 15 is 0 Å². The van der Waals surface area contributed by atoms with E-state index in [1.807, 2.05) is 6.92 Å². The summed E-state index contributed by atoms with van der Waals surface area (Å²) in [7, 11) is 0. The molecule has 0 saturated heterocycles. The molecule has 1 aromatic heterocycles. The van der Waals surface area contributed by atoms with Crippen molar-refractivity contribution in [3.05, 3.63) is 40.5 Å². The van der Waals surface area contributed by atoms with Gasteiger partial charge in [0.25, 0.3) is 5.56 Å². The van der Waals surface area contributed by atoms with Crippen molar-refractivity contribution < 1.29 is 13.7 Å². The summed E-state index contributed by atoms with van der Waals surface area (Å²) in [5, 5.41) is 0.513. The van der Waals surface area contributed by atoms with Crippen LogP contribution >= 0.6 is 0 Å². The highest BCUT2D eigenvalue weighted by Gasteiger charge is 2.10. The number of nitrogens with zero attached hydrogens (tertiary/aromatic N) is 1. The quantitative estimate of drug-likeness (QED) is 0.852. The van der Waals surface area contributed by atoms with Crippen LogP contribution in [0, 0.1) is 0 Å². The maximum atomic E-state index is 12.4. The number of aryl methyl sites for hydroxylation is 1. The third-order valence-electron chi connectivity index (χ3n) is 3.17. The molecule has 21 heavy (non-hydrogen) atoms. The van der Waals surface area contributed by atoms with Crippen LogP contribution in [0.25, 0.3) is 11.0 Å². The average molecular weight is 294 g/mol. The second-order valence-electron chi connectivity index (χ2n) is 4.77. The number of hydrogen-bond acceptors (Lipinski definition) is 4. The smallest absolute Gasteiger partial charge is 0.290 e. The molecule has 2 aromatic rings. The Balaban J connectivity index is 2.19. The number of fused-ring (bicyclic) bond motifs is 1. The largest absolute Gasteiger partial charge is 0.489 e. The van der Waals surface area contributed by atoms with E-state index in [-0.39, 0.29) is 18.7 Å². The number of halogens is 1. The Hall–Kier alpha value is -2.08. The molecule has 2 N–H and O–H groups in total. The summed E-state index contributed by atoms with van der Waals surface area (Å²) in [6.07, 6.45) is 2.30. The number of hydrogen-bond donors (Lipinski definition) is 1. The minimum Gasteiger partial charge on any atom is -0.489 e. The lowest BCUT2D eigenvalue weighted by Gasteiger charge is -2.06. The molecule has 6 heteroatoms. The zero-order chi connectivity index (χ0) is 15.2. The van der Waals surface area contributed by atoms with Crippen molar-refractivity contribution in [3.8, 4) is 5.75 Å². The van der Waals surface area contributed by atoms with E-state index in [2.05, 4.69) is 0 Å². The Kier molecular flexibility index (Phi) is 5.16. The standard InChI is InChI=1S/C15H19FN2O3/c1-2-3-6-18-15(19)13-5-4-12(7-14(13)21-18)20-10-11(8-16)9-17/h4-5,7-8H,2-3,6,9-10,17H2,1H3/b11-8-. The zero-order valence-corrected chi connectivity index (χ0v) is 12.0. The predicted molar refractivity (Wildman–Crippen MR) is 79.1 cm³/mol. The van der Waals surface area contributed by atoms with Crippen LogP contribution in [0.1, 0.15) is 19.8 Å². The Bertz CT molecular complexity index is 688. The van der Waals surface area contributed by atoms with Gasteiger partial charge in [0.05, 0.1) is 18.3 Å². The molecular weight excluding hydrogens is 275 g/mol. The molecule has 0 radical (unpaired) electrons. The highest BCUT2D eigenvalue weighted by atomic mass is 19.1. The minimum atomic E-state index is -0.142. The molecule has 0 aliphatic carbocycles. The van der Waals surface area contributed by atoms with Crippen LogP contribution in [0.5, 0.6) is 5.75 Å². The third kappa shape index (κ3) is 3.52. The lowest BCUT2D eigenvalue weighted by molar-refractivity contribution is 0.276. The first kappa shape index (κ1) is 15.3. The highest BCUT2D eigenvalue weighted by molar-refractivity contribution is 5.77. The number of unbranched alkanes of at least 4 members (excludes halogenated alkanes) is 1. The van der Waals surface area contributed by atoms with Crippen LogP contribution in [0.2, 0.25) is 0 Å². The summed E-state index contributed by atoms with van der Waals surface area (Å²) in [6, 6.07) is 4.95. The monoisotopic (exact) mass is 294 g/mol. The molecule has 0 aliphatic heterocycles. The summed E-state index contributed by atoms with van der Waals surface area (Å²) in [6.45, 7) is 2.77. The van der Waals surface area contributed by atoms with Gasteiger partial charge in [-0.1, -0.05) is 13.3 Å². The van der Waals surface area contributed by atoms with Crippen molar-refractivity contribution >= 4 is 11.0 Å². The van der Waals surface area contributed by atoms with Gasteiger partial charge in [0, 0.05) is 18.2 Å². The van der Waals surface area contributed by atoms with Crippen LogP contribution in [0.3, 0.4) is 0 Å². The van der Waals surface area contributed by atoms with Crippen LogP contribution < -0.4 is 16.0 Å². The number of ether oxygens (including phenoxy) is 1. The van der Waals surface area contributed by atoms with E-state index in [9.17, 15) is 9.18 Å². The van der Waals surface area contributed by atoms with Gasteiger partial charge in [-0.3, -0.25) is 4.79 Å². The molecule has 114 valence electrons. The van der Waals surface area contributed by atoms with E-state index in [0.717, 1.165) is 12.8 Å². The summed E-state index contributed by atoms with van der Waals surface area (Å²) in [4.78, 5) is 12.1. The summed E-state index contributed by atoms with van der Waals surface area (Å²) in [5.41, 5.74) is 6.04. The molecule has 0 bridgehead atoms. The van der Waals surface area contributed by atoms with Gasteiger partial charge in [0.15, 0.2) is 5.58 Å². The Labute approximate surface area is 121 Å². The molecule has 0 amide bonds. The molecule has 0 spiro atoms. The van der Waals surface area contributed by atoms with Gasteiger partial charge < -0.3 is 15.0 Å². The maximum absolute atomic E-state index is 12.4. The molecule has 0 saturated carbocycles. The SMILES string of the molecule is CCCCn1oc2cc(OC/C(=C\F)CN)ccc2c1=O. The van der Waals surface area contributed by atoms with Crippen molar-refractivity contribution in [2.45, 2.75) is 26.3 Å². The highest BCUT2D eigenvalue weighted by Crippen LogP contribution is 2.19. The van der Waals surface area contributed by atoms with Gasteiger partial charge in [0.1, 0.15) is 12.4 Å². The van der Waals surface area contributed by atoms with Gasteiger partial charge in [-0.15, -0.1) is 0 Å². The number of benzene rings is 1. The molecule has 0 atom stereocenters. The minimum absolute atomic E-state index is 0.0687. The topological polar surface area (TPSA) is 70.4 Å². The summed E-state index contributed by atoms with van der Waals surface area (Å²) in [5.74, 6) is 0.506. The molecule has 0 fully saturated rings. The van der Waals surface area contributed by atoms with Crippen LogP contribution in [-0.2, 0) is 6.54 Å². The number of rotatable bonds is 7. The molecule has 5 nitrogen and oxygen atoms in total. The Morgan fingerprint density at radius 2 is 2.33 bits per heavy atom. The number of nitrogens with two attached hydrogens (primary N) is 1. The molecule has 0 aliphatic rings. The van der Waals surface area contributed by atoms with Gasteiger partial charge in [-0.25, -0.2) is 4.39 Å². The van der Waals surface area contributed by atoms with Gasteiger partial charge in [0.2, 0.25) is 0 Å². The molecule has 2 rings (SSSR count). The Morgan fingerprint density at radius 3 is 3.00 bits per heavy atom. The first-order valence-electron chi connectivity index (χ1n) is 6.94. The number of aromatic nitrogens is 1. The first-order valence-corrected chi connectivity index (χ1v) is 6.94. The van der Waals surface area contributed by atoms with Gasteiger partial charge in [-0.2, -0.15) is 4.74 Å². The average Bonchev–Trinajstić information content (AvgIpc) is 2.82. The second kappa shape index (κ2) is 7.08. The summed E-state index contributed by atoms with van der Waals surface area (Å²) < 4.78 is 24.7. The van der Waals surface area contributed by atoms with E-state index in [4.69, 9.17) is 15.0 Å². The van der Waals surface area contributed by atoms with Crippen molar-refractivity contribution in [2.75, 3.05) is 13.2 Å². The molecule has 0 unspecified atom stereocenters. The second-order valence-corrected chi connectivity index (χ2v) is 4.77. The molecule has 1 aromatic carbocycles. The van der Waals surface area contributed by atoms with Crippen molar-refractivity contribution in [3.63, 3.8) is 0 Å². The van der Waals surface area contributed by atoms with Crippen LogP contribution in [0.4, 0.5) is 4.39 Å². The normalized spacial score (nSPS) is 12.0. The fourth-order valence-electron chi connectivity index (χ4n) is 1.90. The lowest BCUT2D eigenvalue weighted by Crippen LogP contribution is -2.13. The van der Waals surface area contributed by atoms with Crippen molar-refractivity contribution in [1.82, 2.24) is 4.74 Å². The zero-order valence-electron chi connectivity index (χ0n) is 12.0. The van der Waals surface area contributed by atoms with E-state index < -0.39 is 0 Å². The third-order valence-corrected chi connectivity index (χ3v) is 3.17. The van der Waals surface area contributed by atoms with Gasteiger partial charge >= 0.3 is 0 Å². The van der Waals surface area contributed by atoms with Crippen molar-refractivity contribution in [1.29, 1.82) is 0 Å². The van der Waals surface area contributed by atoms with E-state index in [1.165, 1.54) is 4.74 Å². The van der Waals surface area contributed by atoms with Gasteiger partial charge in [-0.05, 0) is 18.6 Å². The first-order chi connectivity index (χ1) is 10.2. The van der Waals surface area contributed by atoms with Crippen LogP contribution in [-0.4, -0.2) is 17.9 Å². The maximum Gasteiger partial charge on any atom is 0.290 e. The van der Waals surface area contributed by atoms with Crippen LogP contribution in [0.15, 0.2) is 39.4 Å². The summed E-state index contributed by atoms with van der Waals surface area (Å²) >= 11 is 0.